The minimum atomic E-state index is -1.60. The zero-order valence-corrected chi connectivity index (χ0v) is 6.73. The highest BCUT2D eigenvalue weighted by atomic mass is 16.4. The summed E-state index contributed by atoms with van der Waals surface area (Å²) < 4.78 is 0. The van der Waals surface area contributed by atoms with Crippen molar-refractivity contribution in [2.24, 2.45) is 5.84 Å². The molecule has 0 aliphatic heterocycles. The van der Waals surface area contributed by atoms with Gasteiger partial charge in [0.1, 0.15) is 0 Å². The van der Waals surface area contributed by atoms with Crippen LogP contribution in [-0.4, -0.2) is 17.2 Å². The van der Waals surface area contributed by atoms with Gasteiger partial charge in [0.15, 0.2) is 0 Å². The summed E-state index contributed by atoms with van der Waals surface area (Å²) in [5, 5.41) is 26.3. The van der Waals surface area contributed by atoms with Crippen LogP contribution < -0.4 is 16.7 Å². The van der Waals surface area contributed by atoms with Crippen molar-refractivity contribution in [2.45, 2.75) is 0 Å². The Kier molecular flexibility index (Phi) is 2.87. The van der Waals surface area contributed by atoms with Crippen LogP contribution in [0.1, 0.15) is 5.56 Å². The normalized spacial score (nSPS) is 9.08. The van der Waals surface area contributed by atoms with Crippen molar-refractivity contribution in [1.82, 2.24) is 0 Å². The van der Waals surface area contributed by atoms with Gasteiger partial charge in [0, 0.05) is 11.2 Å². The topological polar surface area (TPSA) is 102 Å². The predicted octanol–water partition coefficient (Wildman–Crippen LogP) is -1.48. The summed E-state index contributed by atoms with van der Waals surface area (Å²) in [5.41, 5.74) is 3.25. The SMILES string of the molecule is N#Cc1ccc(B(O)O)c(NN)c1. The number of rotatable bonds is 2. The lowest BCUT2D eigenvalue weighted by atomic mass is 9.78. The molecule has 0 atom stereocenters. The van der Waals surface area contributed by atoms with E-state index in [-0.39, 0.29) is 5.46 Å². The molecule has 0 aromatic heterocycles. The number of benzene rings is 1. The molecule has 0 heterocycles. The molecule has 13 heavy (non-hydrogen) atoms. The molecule has 5 N–H and O–H groups in total. The summed E-state index contributed by atoms with van der Waals surface area (Å²) in [6.45, 7) is 0. The van der Waals surface area contributed by atoms with E-state index in [1.807, 2.05) is 6.07 Å². The zero-order chi connectivity index (χ0) is 9.84. The summed E-state index contributed by atoms with van der Waals surface area (Å²) in [5.74, 6) is 5.13. The third kappa shape index (κ3) is 1.97. The largest absolute Gasteiger partial charge is 0.490 e. The Bertz CT molecular complexity index is 348. The maximum atomic E-state index is 8.88. The number of nitrogens with two attached hydrogens (primary N) is 1. The van der Waals surface area contributed by atoms with E-state index in [4.69, 9.17) is 21.2 Å². The highest BCUT2D eigenvalue weighted by Gasteiger charge is 2.15. The average Bonchev–Trinajstić information content (AvgIpc) is 2.16. The molecule has 0 bridgehead atoms. The lowest BCUT2D eigenvalue weighted by Gasteiger charge is -2.07. The van der Waals surface area contributed by atoms with Gasteiger partial charge in [0.2, 0.25) is 0 Å². The first-order chi connectivity index (χ1) is 6.19. The Balaban J connectivity index is 3.17. The van der Waals surface area contributed by atoms with Gasteiger partial charge in [-0.3, -0.25) is 5.84 Å². The lowest BCUT2D eigenvalue weighted by molar-refractivity contribution is 0.426. The molecule has 0 saturated heterocycles. The van der Waals surface area contributed by atoms with E-state index in [9.17, 15) is 0 Å². The highest BCUT2D eigenvalue weighted by Crippen LogP contribution is 2.06. The molecule has 0 amide bonds. The van der Waals surface area contributed by atoms with Gasteiger partial charge in [-0.1, -0.05) is 6.07 Å². The van der Waals surface area contributed by atoms with E-state index in [0.29, 0.717) is 11.3 Å². The number of hydrogen-bond donors (Lipinski definition) is 4. The van der Waals surface area contributed by atoms with Crippen molar-refractivity contribution in [3.8, 4) is 6.07 Å². The Labute approximate surface area is 75.5 Å². The van der Waals surface area contributed by atoms with Crippen LogP contribution in [0.15, 0.2) is 18.2 Å². The number of hydrazine groups is 1. The van der Waals surface area contributed by atoms with Gasteiger partial charge in [-0.25, -0.2) is 0 Å². The molecule has 1 aromatic rings. The number of hydrogen-bond acceptors (Lipinski definition) is 5. The first-order valence-corrected chi connectivity index (χ1v) is 3.56. The number of nitrogens with zero attached hydrogens (tertiary/aromatic N) is 1. The lowest BCUT2D eigenvalue weighted by Crippen LogP contribution is -2.33. The monoisotopic (exact) mass is 177 g/mol. The molecule has 0 radical (unpaired) electrons. The molecule has 1 rings (SSSR count). The molecule has 0 saturated carbocycles. The molecular formula is C7H8BN3O2. The van der Waals surface area contributed by atoms with Crippen LogP contribution in [0.5, 0.6) is 0 Å². The minimum Gasteiger partial charge on any atom is -0.423 e. The second kappa shape index (κ2) is 3.91. The van der Waals surface area contributed by atoms with Crippen LogP contribution in [0.2, 0.25) is 0 Å². The van der Waals surface area contributed by atoms with Crippen molar-refractivity contribution in [3.05, 3.63) is 23.8 Å². The summed E-state index contributed by atoms with van der Waals surface area (Å²) in [6, 6.07) is 6.26. The van der Waals surface area contributed by atoms with Gasteiger partial charge in [0.25, 0.3) is 0 Å². The first kappa shape index (κ1) is 9.54. The van der Waals surface area contributed by atoms with Gasteiger partial charge >= 0.3 is 7.12 Å². The van der Waals surface area contributed by atoms with Gasteiger partial charge < -0.3 is 15.5 Å². The molecule has 6 heteroatoms. The summed E-state index contributed by atoms with van der Waals surface area (Å²) in [6.07, 6.45) is 0. The van der Waals surface area contributed by atoms with E-state index in [2.05, 4.69) is 5.43 Å². The standard InChI is InChI=1S/C7H8BN3O2/c9-4-5-1-2-6(8(12)13)7(3-5)11-10/h1-3,11-13H,10H2. The van der Waals surface area contributed by atoms with Crippen LogP contribution in [-0.2, 0) is 0 Å². The van der Waals surface area contributed by atoms with Crippen LogP contribution in [0.4, 0.5) is 5.69 Å². The van der Waals surface area contributed by atoms with E-state index >= 15 is 0 Å². The van der Waals surface area contributed by atoms with Crippen molar-refractivity contribution >= 4 is 18.3 Å². The molecule has 66 valence electrons. The quantitative estimate of drug-likeness (QED) is 0.250. The first-order valence-electron chi connectivity index (χ1n) is 3.56. The molecule has 0 aliphatic carbocycles. The zero-order valence-electron chi connectivity index (χ0n) is 6.73. The maximum Gasteiger partial charge on any atom is 0.490 e. The molecule has 0 aliphatic rings. The van der Waals surface area contributed by atoms with Crippen LogP contribution in [0.3, 0.4) is 0 Å². The van der Waals surface area contributed by atoms with E-state index in [0.717, 1.165) is 0 Å². The van der Waals surface area contributed by atoms with Gasteiger partial charge in [0.05, 0.1) is 11.6 Å². The number of nitrogens with one attached hydrogen (secondary N) is 1. The molecule has 0 unspecified atom stereocenters. The van der Waals surface area contributed by atoms with E-state index in [1.54, 1.807) is 0 Å². The Morgan fingerprint density at radius 3 is 2.62 bits per heavy atom. The Morgan fingerprint density at radius 1 is 1.46 bits per heavy atom. The summed E-state index contributed by atoms with van der Waals surface area (Å²) >= 11 is 0. The minimum absolute atomic E-state index is 0.238. The Hall–Kier alpha value is -1.55. The van der Waals surface area contributed by atoms with Crippen molar-refractivity contribution in [3.63, 3.8) is 0 Å². The van der Waals surface area contributed by atoms with Crippen LogP contribution in [0, 0.1) is 11.3 Å². The molecule has 0 spiro atoms. The van der Waals surface area contributed by atoms with Gasteiger partial charge in [-0.05, 0) is 12.1 Å². The van der Waals surface area contributed by atoms with Crippen LogP contribution in [0.25, 0.3) is 0 Å². The Morgan fingerprint density at radius 2 is 2.15 bits per heavy atom. The van der Waals surface area contributed by atoms with E-state index in [1.165, 1.54) is 18.2 Å². The van der Waals surface area contributed by atoms with Crippen LogP contribution >= 0.6 is 0 Å². The second-order valence-corrected chi connectivity index (χ2v) is 2.43. The van der Waals surface area contributed by atoms with E-state index < -0.39 is 7.12 Å². The fourth-order valence-corrected chi connectivity index (χ4v) is 0.976. The number of nitriles is 1. The molecular weight excluding hydrogens is 169 g/mol. The summed E-state index contributed by atoms with van der Waals surface area (Å²) in [4.78, 5) is 0. The average molecular weight is 177 g/mol. The van der Waals surface area contributed by atoms with Crippen molar-refractivity contribution < 1.29 is 10.0 Å². The van der Waals surface area contributed by atoms with Gasteiger partial charge in [-0.2, -0.15) is 5.26 Å². The van der Waals surface area contributed by atoms with Crippen molar-refractivity contribution in [2.75, 3.05) is 5.43 Å². The fraction of sp³-hybridized carbons (Fsp3) is 0. The summed E-state index contributed by atoms with van der Waals surface area (Å²) in [7, 11) is -1.60. The third-order valence-corrected chi connectivity index (χ3v) is 1.62. The number of nitrogen functional groups attached to an aromatic ring is 1. The molecule has 1 aromatic carbocycles. The number of anilines is 1. The molecule has 5 nitrogen and oxygen atoms in total. The third-order valence-electron chi connectivity index (χ3n) is 1.62. The molecule has 0 fully saturated rings. The predicted molar refractivity (Wildman–Crippen MR) is 48.8 cm³/mol. The fourth-order valence-electron chi connectivity index (χ4n) is 0.976. The smallest absolute Gasteiger partial charge is 0.423 e. The maximum absolute atomic E-state index is 8.88. The van der Waals surface area contributed by atoms with Gasteiger partial charge in [-0.15, -0.1) is 0 Å². The van der Waals surface area contributed by atoms with Crippen molar-refractivity contribution in [1.29, 1.82) is 5.26 Å². The second-order valence-electron chi connectivity index (χ2n) is 2.43. The highest BCUT2D eigenvalue weighted by molar-refractivity contribution is 6.60.